The van der Waals surface area contributed by atoms with Crippen molar-refractivity contribution >= 4 is 17.5 Å². The third kappa shape index (κ3) is 4.60. The van der Waals surface area contributed by atoms with Crippen LogP contribution in [0.1, 0.15) is 46.9 Å². The second-order valence-corrected chi connectivity index (χ2v) is 9.43. The number of pyridine rings is 1. The fourth-order valence-corrected chi connectivity index (χ4v) is 5.31. The zero-order chi connectivity index (χ0) is 22.8. The maximum Gasteiger partial charge on any atom is 0.255 e. The summed E-state index contributed by atoms with van der Waals surface area (Å²) in [5.41, 5.74) is 4.17. The molecular weight excluding hydrogens is 414 g/mol. The van der Waals surface area contributed by atoms with Gasteiger partial charge in [-0.1, -0.05) is 18.2 Å². The van der Waals surface area contributed by atoms with E-state index < -0.39 is 0 Å². The third-order valence-electron chi connectivity index (χ3n) is 7.32. The normalized spacial score (nSPS) is 20.9. The molecule has 5 rings (SSSR count). The van der Waals surface area contributed by atoms with E-state index in [4.69, 9.17) is 0 Å². The first kappa shape index (κ1) is 21.9. The van der Waals surface area contributed by atoms with Crippen LogP contribution in [-0.2, 0) is 11.2 Å². The smallest absolute Gasteiger partial charge is 0.255 e. The number of aromatic nitrogens is 1. The summed E-state index contributed by atoms with van der Waals surface area (Å²) in [7, 11) is 2.08. The minimum absolute atomic E-state index is 0.0103. The van der Waals surface area contributed by atoms with E-state index in [1.165, 1.54) is 11.3 Å². The van der Waals surface area contributed by atoms with Crippen LogP contribution in [0.2, 0.25) is 0 Å². The molecule has 3 aliphatic heterocycles. The number of hydrogen-bond acceptors (Lipinski definition) is 5. The zero-order valence-electron chi connectivity index (χ0n) is 19.4. The number of likely N-dealkylation sites (N-methyl/N-ethyl adjacent to an activating group) is 1. The van der Waals surface area contributed by atoms with E-state index in [9.17, 15) is 9.59 Å². The Balaban J connectivity index is 1.19. The van der Waals surface area contributed by atoms with Crippen LogP contribution < -0.4 is 4.90 Å². The second kappa shape index (κ2) is 9.51. The fourth-order valence-electron chi connectivity index (χ4n) is 5.31. The Kier molecular flexibility index (Phi) is 6.31. The van der Waals surface area contributed by atoms with Crippen molar-refractivity contribution < 1.29 is 9.59 Å². The average molecular weight is 448 g/mol. The highest BCUT2D eigenvalue weighted by Gasteiger charge is 2.31. The molecule has 7 heteroatoms. The number of amides is 2. The largest absolute Gasteiger partial charge is 0.370 e. The molecule has 0 unspecified atom stereocenters. The van der Waals surface area contributed by atoms with Gasteiger partial charge in [0.1, 0.15) is 0 Å². The number of hydrogen-bond donors (Lipinski definition) is 0. The van der Waals surface area contributed by atoms with Crippen molar-refractivity contribution in [2.24, 2.45) is 0 Å². The highest BCUT2D eigenvalue weighted by Crippen LogP contribution is 2.32. The molecule has 2 amide bonds. The number of benzene rings is 1. The van der Waals surface area contributed by atoms with Crippen LogP contribution >= 0.6 is 0 Å². The van der Waals surface area contributed by atoms with Crippen molar-refractivity contribution in [1.29, 1.82) is 0 Å². The van der Waals surface area contributed by atoms with Gasteiger partial charge in [-0.2, -0.15) is 0 Å². The first-order valence-corrected chi connectivity index (χ1v) is 12.2. The topological polar surface area (TPSA) is 60.0 Å². The molecule has 2 aromatic rings. The van der Waals surface area contributed by atoms with Gasteiger partial charge in [0.05, 0.1) is 17.3 Å². The lowest BCUT2D eigenvalue weighted by atomic mass is 10.1. The lowest BCUT2D eigenvalue weighted by Gasteiger charge is -2.32. The number of likely N-dealkylation sites (tertiary alicyclic amines) is 1. The summed E-state index contributed by atoms with van der Waals surface area (Å²) in [5.74, 6) is 0.244. The number of carbonyl (C=O) groups excluding carboxylic acids is 2. The molecule has 2 saturated heterocycles. The molecule has 174 valence electrons. The van der Waals surface area contributed by atoms with Crippen LogP contribution in [0.4, 0.5) is 5.69 Å². The average Bonchev–Trinajstić information content (AvgIpc) is 3.50. The number of piperazine rings is 1. The van der Waals surface area contributed by atoms with Crippen LogP contribution in [0, 0.1) is 0 Å². The Morgan fingerprint density at radius 2 is 1.82 bits per heavy atom. The summed E-state index contributed by atoms with van der Waals surface area (Å²) in [6.07, 6.45) is 5.19. The van der Waals surface area contributed by atoms with Gasteiger partial charge in [-0.3, -0.25) is 14.6 Å². The van der Waals surface area contributed by atoms with Crippen molar-refractivity contribution in [2.75, 3.05) is 57.8 Å². The number of rotatable bonds is 5. The van der Waals surface area contributed by atoms with Gasteiger partial charge in [-0.05, 0) is 50.1 Å². The molecule has 1 aromatic carbocycles. The molecule has 2 fully saturated rings. The summed E-state index contributed by atoms with van der Waals surface area (Å²) in [4.78, 5) is 39.0. The zero-order valence-corrected chi connectivity index (χ0v) is 19.4. The minimum atomic E-state index is 0.0103. The highest BCUT2D eigenvalue weighted by atomic mass is 16.2. The molecule has 1 atom stereocenters. The van der Waals surface area contributed by atoms with E-state index in [1.54, 1.807) is 6.20 Å². The molecule has 33 heavy (non-hydrogen) atoms. The van der Waals surface area contributed by atoms with E-state index in [0.29, 0.717) is 12.0 Å². The van der Waals surface area contributed by atoms with Gasteiger partial charge in [0.25, 0.3) is 5.91 Å². The molecule has 7 nitrogen and oxygen atoms in total. The predicted molar refractivity (Wildman–Crippen MR) is 128 cm³/mol. The van der Waals surface area contributed by atoms with Gasteiger partial charge in [-0.25, -0.2) is 0 Å². The molecule has 0 radical (unpaired) electrons. The summed E-state index contributed by atoms with van der Waals surface area (Å²) in [6, 6.07) is 12.3. The molecular formula is C26H33N5O2. The Labute approximate surface area is 196 Å². The monoisotopic (exact) mass is 447 g/mol. The van der Waals surface area contributed by atoms with E-state index >= 15 is 0 Å². The molecule has 0 bridgehead atoms. The molecule has 0 aliphatic carbocycles. The second-order valence-electron chi connectivity index (χ2n) is 9.43. The quantitative estimate of drug-likeness (QED) is 0.705. The van der Waals surface area contributed by atoms with Gasteiger partial charge in [0.2, 0.25) is 5.91 Å². The Hall–Kier alpha value is -2.93. The lowest BCUT2D eigenvalue weighted by molar-refractivity contribution is -0.132. The van der Waals surface area contributed by atoms with E-state index in [0.717, 1.165) is 70.8 Å². The summed E-state index contributed by atoms with van der Waals surface area (Å²) < 4.78 is 0. The van der Waals surface area contributed by atoms with Gasteiger partial charge >= 0.3 is 0 Å². The Bertz CT molecular complexity index is 1000. The number of carbonyl (C=O) groups is 2. The van der Waals surface area contributed by atoms with E-state index in [-0.39, 0.29) is 17.9 Å². The van der Waals surface area contributed by atoms with E-state index in [1.807, 2.05) is 21.9 Å². The van der Waals surface area contributed by atoms with Crippen molar-refractivity contribution in [2.45, 2.75) is 31.7 Å². The summed E-state index contributed by atoms with van der Waals surface area (Å²) in [5, 5.41) is 0. The first-order chi connectivity index (χ1) is 16.1. The first-order valence-electron chi connectivity index (χ1n) is 12.2. The van der Waals surface area contributed by atoms with Crippen LogP contribution in [-0.4, -0.2) is 84.4 Å². The van der Waals surface area contributed by atoms with Crippen LogP contribution in [0.5, 0.6) is 0 Å². The molecule has 3 aliphatic rings. The third-order valence-corrected chi connectivity index (χ3v) is 7.32. The Morgan fingerprint density at radius 1 is 1.00 bits per heavy atom. The molecule has 0 N–H and O–H groups in total. The predicted octanol–water partition coefficient (Wildman–Crippen LogP) is 2.59. The fraction of sp³-hybridized carbons (Fsp3) is 0.500. The highest BCUT2D eigenvalue weighted by molar-refractivity contribution is 5.94. The Morgan fingerprint density at radius 3 is 2.61 bits per heavy atom. The van der Waals surface area contributed by atoms with Gasteiger partial charge < -0.3 is 19.6 Å². The maximum absolute atomic E-state index is 13.1. The van der Waals surface area contributed by atoms with Crippen LogP contribution in [0.3, 0.4) is 0 Å². The molecule has 4 heterocycles. The summed E-state index contributed by atoms with van der Waals surface area (Å²) >= 11 is 0. The van der Waals surface area contributed by atoms with Gasteiger partial charge in [0, 0.05) is 64.1 Å². The van der Waals surface area contributed by atoms with Crippen molar-refractivity contribution in [3.63, 3.8) is 0 Å². The van der Waals surface area contributed by atoms with Crippen LogP contribution in [0.25, 0.3) is 0 Å². The number of nitrogens with zero attached hydrogens (tertiary/aromatic N) is 5. The van der Waals surface area contributed by atoms with Crippen molar-refractivity contribution in [3.05, 3.63) is 59.4 Å². The van der Waals surface area contributed by atoms with Gasteiger partial charge in [0.15, 0.2) is 0 Å². The molecule has 0 saturated carbocycles. The number of para-hydroxylation sites is 1. The standard InChI is InChI=1S/C26H33N5O2/c1-28-15-17-30(18-16-28)26(33)21-8-9-22(27-19-21)24-7-4-12-31(24)25(32)11-14-29-13-10-20-5-2-3-6-23(20)29/h2-3,5-6,8-9,19,24H,4,7,10-18H2,1H3/t24-/m1/s1. The molecule has 1 aromatic heterocycles. The van der Waals surface area contributed by atoms with Crippen molar-refractivity contribution in [3.8, 4) is 0 Å². The minimum Gasteiger partial charge on any atom is -0.370 e. The summed E-state index contributed by atoms with van der Waals surface area (Å²) in [6.45, 7) is 5.83. The maximum atomic E-state index is 13.1. The lowest BCUT2D eigenvalue weighted by Crippen LogP contribution is -2.47. The molecule has 0 spiro atoms. The number of anilines is 1. The van der Waals surface area contributed by atoms with E-state index in [2.05, 4.69) is 46.1 Å². The number of fused-ring (bicyclic) bond motifs is 1. The SMILES string of the molecule is CN1CCN(C(=O)c2ccc([C@H]3CCCN3C(=O)CCN3CCc4ccccc43)nc2)CC1. The van der Waals surface area contributed by atoms with Crippen molar-refractivity contribution in [1.82, 2.24) is 19.7 Å². The van der Waals surface area contributed by atoms with Gasteiger partial charge in [-0.15, -0.1) is 0 Å². The van der Waals surface area contributed by atoms with Crippen LogP contribution in [0.15, 0.2) is 42.6 Å².